The lowest BCUT2D eigenvalue weighted by Gasteiger charge is -1.99. The summed E-state index contributed by atoms with van der Waals surface area (Å²) < 4.78 is 1.81. The van der Waals surface area contributed by atoms with Crippen molar-refractivity contribution in [1.82, 2.24) is 14.8 Å². The van der Waals surface area contributed by atoms with Gasteiger partial charge < -0.3 is 0 Å². The molecule has 0 aliphatic heterocycles. The molecule has 0 aromatic carbocycles. The van der Waals surface area contributed by atoms with Gasteiger partial charge >= 0.3 is 0 Å². The first-order valence-electron chi connectivity index (χ1n) is 5.67. The SMILES string of the molecule is Cc1nn(C)c(C)c1/C=C(/C#N)c1ccccn1. The lowest BCUT2D eigenvalue weighted by Crippen LogP contribution is -1.92. The quantitative estimate of drug-likeness (QED) is 0.755. The fraction of sp³-hybridized carbons (Fsp3) is 0.214. The number of nitrogens with zero attached hydrogens (tertiary/aromatic N) is 4. The highest BCUT2D eigenvalue weighted by atomic mass is 15.3. The van der Waals surface area contributed by atoms with Gasteiger partial charge in [-0.15, -0.1) is 0 Å². The van der Waals surface area contributed by atoms with Gasteiger partial charge in [-0.3, -0.25) is 9.67 Å². The van der Waals surface area contributed by atoms with Gasteiger partial charge in [0.15, 0.2) is 0 Å². The molecule has 0 amide bonds. The summed E-state index contributed by atoms with van der Waals surface area (Å²) in [6.45, 7) is 3.92. The highest BCUT2D eigenvalue weighted by Gasteiger charge is 2.09. The highest BCUT2D eigenvalue weighted by molar-refractivity contribution is 5.89. The van der Waals surface area contributed by atoms with E-state index in [1.165, 1.54) is 0 Å². The third kappa shape index (κ3) is 2.16. The predicted molar refractivity (Wildman–Crippen MR) is 70.4 cm³/mol. The Bertz CT molecular complexity index is 630. The van der Waals surface area contributed by atoms with Crippen LogP contribution in [0, 0.1) is 25.2 Å². The molecule has 0 saturated heterocycles. The maximum atomic E-state index is 9.24. The van der Waals surface area contributed by atoms with Gasteiger partial charge in [-0.05, 0) is 32.1 Å². The summed E-state index contributed by atoms with van der Waals surface area (Å²) in [6, 6.07) is 7.73. The van der Waals surface area contributed by atoms with E-state index in [2.05, 4.69) is 16.2 Å². The monoisotopic (exact) mass is 238 g/mol. The standard InChI is InChI=1S/C14H14N4/c1-10-13(11(2)18(3)17-10)8-12(9-15)14-6-4-5-7-16-14/h4-8H,1-3H3/b12-8-. The minimum absolute atomic E-state index is 0.551. The third-order valence-corrected chi connectivity index (χ3v) is 2.91. The topological polar surface area (TPSA) is 54.5 Å². The van der Waals surface area contributed by atoms with Crippen LogP contribution in [0.15, 0.2) is 24.4 Å². The molecule has 2 rings (SSSR count). The number of hydrogen-bond donors (Lipinski definition) is 0. The summed E-state index contributed by atoms with van der Waals surface area (Å²) in [7, 11) is 1.90. The summed E-state index contributed by atoms with van der Waals surface area (Å²) in [4.78, 5) is 4.19. The lowest BCUT2D eigenvalue weighted by atomic mass is 10.1. The Morgan fingerprint density at radius 2 is 2.17 bits per heavy atom. The van der Waals surface area contributed by atoms with Gasteiger partial charge in [0.1, 0.15) is 6.07 Å². The molecule has 2 aromatic heterocycles. The zero-order valence-electron chi connectivity index (χ0n) is 10.7. The summed E-state index contributed by atoms with van der Waals surface area (Å²) in [5.74, 6) is 0. The summed E-state index contributed by atoms with van der Waals surface area (Å²) in [6.07, 6.45) is 3.53. The Hall–Kier alpha value is -2.41. The van der Waals surface area contributed by atoms with Crippen molar-refractivity contribution in [3.05, 3.63) is 47.0 Å². The molecule has 2 heterocycles. The highest BCUT2D eigenvalue weighted by Crippen LogP contribution is 2.20. The van der Waals surface area contributed by atoms with Crippen molar-refractivity contribution >= 4 is 11.6 Å². The molecule has 0 unspecified atom stereocenters. The Kier molecular flexibility index (Phi) is 3.24. The van der Waals surface area contributed by atoms with E-state index in [1.54, 1.807) is 6.20 Å². The Balaban J connectivity index is 2.52. The van der Waals surface area contributed by atoms with Crippen LogP contribution >= 0.6 is 0 Å². The molecule has 0 saturated carbocycles. The first-order chi connectivity index (χ1) is 8.63. The number of nitriles is 1. The van der Waals surface area contributed by atoms with Crippen LogP contribution in [0.3, 0.4) is 0 Å². The summed E-state index contributed by atoms with van der Waals surface area (Å²) >= 11 is 0. The number of pyridine rings is 1. The van der Waals surface area contributed by atoms with Crippen molar-refractivity contribution in [2.75, 3.05) is 0 Å². The van der Waals surface area contributed by atoms with E-state index < -0.39 is 0 Å². The predicted octanol–water partition coefficient (Wildman–Crippen LogP) is 2.50. The molecule has 0 N–H and O–H groups in total. The Morgan fingerprint density at radius 3 is 2.67 bits per heavy atom. The molecule has 0 aliphatic carbocycles. The van der Waals surface area contributed by atoms with E-state index in [9.17, 15) is 5.26 Å². The van der Waals surface area contributed by atoms with E-state index in [0.717, 1.165) is 17.0 Å². The van der Waals surface area contributed by atoms with Crippen molar-refractivity contribution in [1.29, 1.82) is 5.26 Å². The van der Waals surface area contributed by atoms with Crippen LogP contribution in [0.5, 0.6) is 0 Å². The van der Waals surface area contributed by atoms with Crippen LogP contribution in [0.25, 0.3) is 11.6 Å². The van der Waals surface area contributed by atoms with E-state index in [4.69, 9.17) is 0 Å². The number of allylic oxidation sites excluding steroid dienone is 1. The van der Waals surface area contributed by atoms with Crippen LogP contribution < -0.4 is 0 Å². The second kappa shape index (κ2) is 4.84. The molecule has 90 valence electrons. The first-order valence-corrected chi connectivity index (χ1v) is 5.67. The van der Waals surface area contributed by atoms with Crippen molar-refractivity contribution in [3.63, 3.8) is 0 Å². The van der Waals surface area contributed by atoms with Crippen LogP contribution in [0.1, 0.15) is 22.6 Å². The molecular weight excluding hydrogens is 224 g/mol. The van der Waals surface area contributed by atoms with Crippen LogP contribution in [-0.2, 0) is 7.05 Å². The minimum atomic E-state index is 0.551. The molecule has 0 spiro atoms. The molecule has 18 heavy (non-hydrogen) atoms. The Morgan fingerprint density at radius 1 is 1.39 bits per heavy atom. The molecule has 2 aromatic rings. The second-order valence-corrected chi connectivity index (χ2v) is 4.09. The van der Waals surface area contributed by atoms with Gasteiger partial charge in [-0.1, -0.05) is 6.07 Å². The molecule has 4 nitrogen and oxygen atoms in total. The number of aryl methyl sites for hydroxylation is 2. The largest absolute Gasteiger partial charge is 0.272 e. The van der Waals surface area contributed by atoms with Crippen molar-refractivity contribution < 1.29 is 0 Å². The van der Waals surface area contributed by atoms with Crippen LogP contribution in [0.2, 0.25) is 0 Å². The van der Waals surface area contributed by atoms with Gasteiger partial charge in [-0.25, -0.2) is 0 Å². The molecule has 4 heteroatoms. The van der Waals surface area contributed by atoms with Gasteiger partial charge in [0.05, 0.1) is 17.0 Å². The minimum Gasteiger partial charge on any atom is -0.272 e. The van der Waals surface area contributed by atoms with E-state index in [0.29, 0.717) is 11.3 Å². The summed E-state index contributed by atoms with van der Waals surface area (Å²) in [5, 5.41) is 13.6. The average molecular weight is 238 g/mol. The van der Waals surface area contributed by atoms with E-state index >= 15 is 0 Å². The van der Waals surface area contributed by atoms with Gasteiger partial charge in [0, 0.05) is 24.5 Å². The van der Waals surface area contributed by atoms with E-state index in [1.807, 2.05) is 49.9 Å². The second-order valence-electron chi connectivity index (χ2n) is 4.09. The number of hydrogen-bond acceptors (Lipinski definition) is 3. The smallest absolute Gasteiger partial charge is 0.101 e. The maximum absolute atomic E-state index is 9.24. The third-order valence-electron chi connectivity index (χ3n) is 2.91. The molecule has 0 fully saturated rings. The fourth-order valence-electron chi connectivity index (χ4n) is 1.83. The molecule has 0 bridgehead atoms. The first kappa shape index (κ1) is 12.1. The Labute approximate surface area is 106 Å². The van der Waals surface area contributed by atoms with Crippen molar-refractivity contribution in [2.24, 2.45) is 7.05 Å². The van der Waals surface area contributed by atoms with Crippen LogP contribution in [-0.4, -0.2) is 14.8 Å². The number of rotatable bonds is 2. The van der Waals surface area contributed by atoms with Gasteiger partial charge in [-0.2, -0.15) is 10.4 Å². The van der Waals surface area contributed by atoms with Crippen molar-refractivity contribution in [3.8, 4) is 6.07 Å². The lowest BCUT2D eigenvalue weighted by molar-refractivity contribution is 0.731. The number of aromatic nitrogens is 3. The normalized spacial score (nSPS) is 11.3. The zero-order valence-corrected chi connectivity index (χ0v) is 10.7. The maximum Gasteiger partial charge on any atom is 0.101 e. The van der Waals surface area contributed by atoms with Crippen molar-refractivity contribution in [2.45, 2.75) is 13.8 Å². The van der Waals surface area contributed by atoms with Crippen LogP contribution in [0.4, 0.5) is 0 Å². The molecule has 0 aliphatic rings. The molecular formula is C14H14N4. The average Bonchev–Trinajstić information content (AvgIpc) is 2.62. The molecule has 0 atom stereocenters. The van der Waals surface area contributed by atoms with E-state index in [-0.39, 0.29) is 0 Å². The fourth-order valence-corrected chi connectivity index (χ4v) is 1.83. The summed E-state index contributed by atoms with van der Waals surface area (Å²) in [5.41, 5.74) is 4.17. The van der Waals surface area contributed by atoms with Gasteiger partial charge in [0.25, 0.3) is 0 Å². The molecule has 0 radical (unpaired) electrons. The van der Waals surface area contributed by atoms with Gasteiger partial charge in [0.2, 0.25) is 0 Å². The zero-order chi connectivity index (χ0) is 13.1.